The number of urea groups is 1. The highest BCUT2D eigenvalue weighted by Gasteiger charge is 2.50. The quantitative estimate of drug-likeness (QED) is 0.563. The van der Waals surface area contributed by atoms with Crippen molar-refractivity contribution in [2.75, 3.05) is 6.54 Å². The number of alkyl halides is 2. The lowest BCUT2D eigenvalue weighted by Crippen LogP contribution is -2.47. The van der Waals surface area contributed by atoms with E-state index in [0.29, 0.717) is 18.0 Å². The topological polar surface area (TPSA) is 79.0 Å². The fourth-order valence-corrected chi connectivity index (χ4v) is 4.30. The van der Waals surface area contributed by atoms with E-state index >= 15 is 0 Å². The third-order valence-corrected chi connectivity index (χ3v) is 6.54. The summed E-state index contributed by atoms with van der Waals surface area (Å²) in [6.45, 7) is 0.570. The monoisotopic (exact) mass is 471 g/mol. The Morgan fingerprint density at radius 3 is 2.38 bits per heavy atom. The maximum atomic E-state index is 13.3. The fourth-order valence-electron chi connectivity index (χ4n) is 4.30. The lowest BCUT2D eigenvalue weighted by Gasteiger charge is -2.31. The lowest BCUT2D eigenvalue weighted by atomic mass is 9.92. The molecule has 180 valence electrons. The molecule has 1 N–H and O–H groups in total. The summed E-state index contributed by atoms with van der Waals surface area (Å²) in [6, 6.07) is 14.4. The summed E-state index contributed by atoms with van der Waals surface area (Å²) in [6.07, 6.45) is 2.10. The Kier molecular flexibility index (Phi) is 6.54. The molecule has 9 heteroatoms. The van der Waals surface area contributed by atoms with Crippen LogP contribution in [0.4, 0.5) is 13.6 Å². The zero-order valence-corrected chi connectivity index (χ0v) is 19.0. The van der Waals surface area contributed by atoms with Gasteiger partial charge in [-0.05, 0) is 55.9 Å². The number of hydrogen-bond acceptors (Lipinski definition) is 4. The number of amides is 4. The van der Waals surface area contributed by atoms with Crippen molar-refractivity contribution in [1.82, 2.24) is 15.1 Å². The number of imide groups is 1. The zero-order chi connectivity index (χ0) is 24.5. The highest BCUT2D eigenvalue weighted by molar-refractivity contribution is 6.09. The summed E-state index contributed by atoms with van der Waals surface area (Å²) < 4.78 is 29.2. The first-order valence-corrected chi connectivity index (χ1v) is 11.2. The number of nitrogens with zero attached hydrogens (tertiary/aromatic N) is 2. The first-order valence-electron chi connectivity index (χ1n) is 11.2. The van der Waals surface area contributed by atoms with Gasteiger partial charge in [-0.2, -0.15) is 8.78 Å². The van der Waals surface area contributed by atoms with Gasteiger partial charge >= 0.3 is 12.6 Å². The van der Waals surface area contributed by atoms with E-state index in [1.165, 1.54) is 31.2 Å². The third-order valence-electron chi connectivity index (χ3n) is 6.54. The van der Waals surface area contributed by atoms with Crippen LogP contribution in [0.2, 0.25) is 0 Å². The number of hydrogen-bond donors (Lipinski definition) is 1. The van der Waals surface area contributed by atoms with E-state index in [0.717, 1.165) is 23.3 Å². The summed E-state index contributed by atoms with van der Waals surface area (Å²) in [5.74, 6) is -0.532. The number of ether oxygens (including phenoxy) is 1. The standard InChI is InChI=1S/C25H27F2N3O4/c1-16(18-8-9-18)29(14-17-6-4-3-5-7-17)21(31)15-30-22(32)25(2,28-24(30)33)19-10-12-20(13-11-19)34-23(26)27/h3-7,10-13,16,18,23H,8-9,14-15H2,1-2H3,(H,28,33)/t16-,25-/m0/s1. The van der Waals surface area contributed by atoms with Crippen LogP contribution in [0.15, 0.2) is 54.6 Å². The third kappa shape index (κ3) is 4.88. The van der Waals surface area contributed by atoms with Gasteiger partial charge in [-0.3, -0.25) is 14.5 Å². The van der Waals surface area contributed by atoms with Crippen LogP contribution >= 0.6 is 0 Å². The molecule has 1 saturated carbocycles. The van der Waals surface area contributed by atoms with Gasteiger partial charge in [0, 0.05) is 12.6 Å². The molecule has 0 radical (unpaired) electrons. The predicted octanol–water partition coefficient (Wildman–Crippen LogP) is 3.88. The largest absolute Gasteiger partial charge is 0.435 e. The predicted molar refractivity (Wildman–Crippen MR) is 120 cm³/mol. The van der Waals surface area contributed by atoms with Crippen molar-refractivity contribution in [3.8, 4) is 5.75 Å². The molecular formula is C25H27F2N3O4. The molecule has 0 spiro atoms. The van der Waals surface area contributed by atoms with Crippen LogP contribution in [0.1, 0.15) is 37.8 Å². The van der Waals surface area contributed by atoms with Crippen molar-refractivity contribution in [2.45, 2.75) is 51.4 Å². The first kappa shape index (κ1) is 23.7. The minimum absolute atomic E-state index is 0.0118. The Balaban J connectivity index is 1.50. The smallest absolute Gasteiger partial charge is 0.387 e. The van der Waals surface area contributed by atoms with E-state index in [-0.39, 0.29) is 24.2 Å². The van der Waals surface area contributed by atoms with Crippen LogP contribution in [0.3, 0.4) is 0 Å². The van der Waals surface area contributed by atoms with Crippen molar-refractivity contribution in [3.05, 3.63) is 65.7 Å². The van der Waals surface area contributed by atoms with Gasteiger partial charge in [0.1, 0.15) is 17.8 Å². The molecule has 2 atom stereocenters. The van der Waals surface area contributed by atoms with Crippen LogP contribution in [0.25, 0.3) is 0 Å². The second kappa shape index (κ2) is 9.40. The molecule has 1 saturated heterocycles. The minimum atomic E-state index is -2.97. The molecule has 4 amide bonds. The molecule has 2 aromatic rings. The molecule has 0 bridgehead atoms. The second-order valence-corrected chi connectivity index (χ2v) is 8.93. The van der Waals surface area contributed by atoms with Gasteiger partial charge in [0.2, 0.25) is 5.91 Å². The number of benzene rings is 2. The van der Waals surface area contributed by atoms with Crippen LogP contribution < -0.4 is 10.1 Å². The van der Waals surface area contributed by atoms with E-state index < -0.39 is 24.1 Å². The minimum Gasteiger partial charge on any atom is -0.435 e. The average Bonchev–Trinajstić information content (AvgIpc) is 3.63. The van der Waals surface area contributed by atoms with Crippen molar-refractivity contribution < 1.29 is 27.9 Å². The normalized spacial score (nSPS) is 20.9. The Morgan fingerprint density at radius 2 is 1.79 bits per heavy atom. The van der Waals surface area contributed by atoms with Crippen molar-refractivity contribution in [3.63, 3.8) is 0 Å². The molecule has 4 rings (SSSR count). The molecule has 2 aliphatic rings. The molecule has 0 aromatic heterocycles. The fraction of sp³-hybridized carbons (Fsp3) is 0.400. The van der Waals surface area contributed by atoms with E-state index in [1.54, 1.807) is 4.90 Å². The summed E-state index contributed by atoms with van der Waals surface area (Å²) in [4.78, 5) is 42.0. The highest BCUT2D eigenvalue weighted by atomic mass is 19.3. The van der Waals surface area contributed by atoms with Crippen molar-refractivity contribution in [2.24, 2.45) is 5.92 Å². The van der Waals surface area contributed by atoms with Crippen LogP contribution in [-0.4, -0.2) is 46.8 Å². The Labute approximate surface area is 196 Å². The number of nitrogens with one attached hydrogen (secondary N) is 1. The Hall–Kier alpha value is -3.49. The SMILES string of the molecule is C[C@@H](C1CC1)N(Cc1ccccc1)C(=O)CN1C(=O)N[C@@](C)(c2ccc(OC(F)F)cc2)C1=O. The van der Waals surface area contributed by atoms with Crippen LogP contribution in [0, 0.1) is 5.92 Å². The van der Waals surface area contributed by atoms with Crippen LogP contribution in [-0.2, 0) is 21.7 Å². The molecule has 2 aromatic carbocycles. The molecule has 7 nitrogen and oxygen atoms in total. The van der Waals surface area contributed by atoms with E-state index in [2.05, 4.69) is 10.1 Å². The van der Waals surface area contributed by atoms with Crippen LogP contribution in [0.5, 0.6) is 5.75 Å². The lowest BCUT2D eigenvalue weighted by molar-refractivity contribution is -0.140. The summed E-state index contributed by atoms with van der Waals surface area (Å²) >= 11 is 0. The van der Waals surface area contributed by atoms with Crippen molar-refractivity contribution >= 4 is 17.8 Å². The van der Waals surface area contributed by atoms with Gasteiger partial charge in [0.25, 0.3) is 5.91 Å². The molecule has 1 aliphatic carbocycles. The molecule has 1 heterocycles. The summed E-state index contributed by atoms with van der Waals surface area (Å²) in [5.41, 5.74) is -0.0565. The first-order chi connectivity index (χ1) is 16.2. The maximum absolute atomic E-state index is 13.3. The van der Waals surface area contributed by atoms with Gasteiger partial charge in [0.15, 0.2) is 0 Å². The summed E-state index contributed by atoms with van der Waals surface area (Å²) in [5, 5.41) is 2.64. The van der Waals surface area contributed by atoms with E-state index in [1.807, 2.05) is 37.3 Å². The van der Waals surface area contributed by atoms with E-state index in [4.69, 9.17) is 0 Å². The van der Waals surface area contributed by atoms with Gasteiger partial charge in [-0.1, -0.05) is 42.5 Å². The molecule has 2 fully saturated rings. The molecular weight excluding hydrogens is 444 g/mol. The van der Waals surface area contributed by atoms with Gasteiger partial charge < -0.3 is 15.0 Å². The number of halogens is 2. The van der Waals surface area contributed by atoms with Gasteiger partial charge in [0.05, 0.1) is 0 Å². The molecule has 0 unspecified atom stereocenters. The zero-order valence-electron chi connectivity index (χ0n) is 19.0. The number of rotatable bonds is 9. The Morgan fingerprint density at radius 1 is 1.15 bits per heavy atom. The molecule has 1 aliphatic heterocycles. The number of carbonyl (C=O) groups excluding carboxylic acids is 3. The summed E-state index contributed by atoms with van der Waals surface area (Å²) in [7, 11) is 0. The van der Waals surface area contributed by atoms with Gasteiger partial charge in [-0.15, -0.1) is 0 Å². The van der Waals surface area contributed by atoms with Crippen molar-refractivity contribution in [1.29, 1.82) is 0 Å². The van der Waals surface area contributed by atoms with Gasteiger partial charge in [-0.25, -0.2) is 4.79 Å². The molecule has 34 heavy (non-hydrogen) atoms. The average molecular weight is 472 g/mol. The van der Waals surface area contributed by atoms with E-state index in [9.17, 15) is 23.2 Å². The highest BCUT2D eigenvalue weighted by Crippen LogP contribution is 2.36. The Bertz CT molecular complexity index is 1060. The maximum Gasteiger partial charge on any atom is 0.387 e. The number of carbonyl (C=O) groups is 3. The second-order valence-electron chi connectivity index (χ2n) is 8.93.